The molecule has 0 unspecified atom stereocenters. The molecule has 0 aromatic heterocycles. The molecule has 2 aromatic rings. The molecule has 0 aliphatic rings. The van der Waals surface area contributed by atoms with Crippen LogP contribution in [0.4, 0.5) is 4.79 Å². The zero-order valence-corrected chi connectivity index (χ0v) is 14.3. The topological polar surface area (TPSA) is 85.9 Å². The van der Waals surface area contributed by atoms with Gasteiger partial charge in [-0.1, -0.05) is 35.3 Å². The lowest BCUT2D eigenvalue weighted by Crippen LogP contribution is -2.24. The molecule has 0 saturated heterocycles. The number of hydrazone groups is 1. The second-order valence-corrected chi connectivity index (χ2v) is 5.53. The summed E-state index contributed by atoms with van der Waals surface area (Å²) in [7, 11) is 1.50. The third kappa shape index (κ3) is 5.04. The minimum Gasteiger partial charge on any atom is -0.493 e. The Morgan fingerprint density at radius 3 is 2.62 bits per heavy atom. The third-order valence-electron chi connectivity index (χ3n) is 2.94. The van der Waals surface area contributed by atoms with Gasteiger partial charge >= 0.3 is 6.03 Å². The van der Waals surface area contributed by atoms with Crippen LogP contribution in [0.15, 0.2) is 41.5 Å². The number of carbonyl (C=O) groups is 1. The normalized spacial score (nSPS) is 10.6. The summed E-state index contributed by atoms with van der Waals surface area (Å²) in [6.45, 7) is 0.309. The number of urea groups is 1. The van der Waals surface area contributed by atoms with Gasteiger partial charge in [0.15, 0.2) is 11.5 Å². The number of primary amides is 1. The number of hydrogen-bond acceptors (Lipinski definition) is 4. The van der Waals surface area contributed by atoms with Gasteiger partial charge in [-0.25, -0.2) is 10.2 Å². The fourth-order valence-corrected chi connectivity index (χ4v) is 2.26. The van der Waals surface area contributed by atoms with Gasteiger partial charge in [-0.15, -0.1) is 0 Å². The van der Waals surface area contributed by atoms with Crippen LogP contribution in [0.25, 0.3) is 0 Å². The van der Waals surface area contributed by atoms with Crippen LogP contribution in [0.3, 0.4) is 0 Å². The predicted octanol–water partition coefficient (Wildman–Crippen LogP) is 3.58. The summed E-state index contributed by atoms with van der Waals surface area (Å²) in [5.41, 5.74) is 8.58. The van der Waals surface area contributed by atoms with Gasteiger partial charge in [0.05, 0.1) is 18.3 Å². The zero-order valence-electron chi connectivity index (χ0n) is 12.8. The number of benzene rings is 2. The average molecular weight is 368 g/mol. The average Bonchev–Trinajstić information content (AvgIpc) is 2.54. The van der Waals surface area contributed by atoms with Crippen molar-refractivity contribution in [2.45, 2.75) is 6.61 Å². The molecule has 2 aromatic carbocycles. The van der Waals surface area contributed by atoms with Gasteiger partial charge < -0.3 is 15.2 Å². The van der Waals surface area contributed by atoms with Gasteiger partial charge in [0.1, 0.15) is 6.61 Å². The molecule has 24 heavy (non-hydrogen) atoms. The molecule has 0 radical (unpaired) electrons. The molecule has 2 amide bonds. The molecule has 0 saturated carbocycles. The molecular formula is C16H15Cl2N3O3. The number of methoxy groups -OCH3 is 1. The van der Waals surface area contributed by atoms with Gasteiger partial charge in [0, 0.05) is 5.02 Å². The SMILES string of the molecule is COc1cc(/C=N\NC(N)=O)cc(Cl)c1OCc1ccc(Cl)cc1. The van der Waals surface area contributed by atoms with E-state index in [2.05, 4.69) is 10.5 Å². The van der Waals surface area contributed by atoms with E-state index in [-0.39, 0.29) is 0 Å². The second-order valence-electron chi connectivity index (χ2n) is 4.68. The van der Waals surface area contributed by atoms with E-state index < -0.39 is 6.03 Å². The van der Waals surface area contributed by atoms with Crippen molar-refractivity contribution in [3.8, 4) is 11.5 Å². The molecule has 6 nitrogen and oxygen atoms in total. The van der Waals surface area contributed by atoms with Crippen molar-refractivity contribution >= 4 is 35.4 Å². The number of rotatable bonds is 6. The molecule has 2 rings (SSSR count). The highest BCUT2D eigenvalue weighted by atomic mass is 35.5. The summed E-state index contributed by atoms with van der Waals surface area (Å²) in [5.74, 6) is 0.853. The number of halogens is 2. The number of hydrogen-bond donors (Lipinski definition) is 2. The highest BCUT2D eigenvalue weighted by Gasteiger charge is 2.12. The Morgan fingerprint density at radius 1 is 1.29 bits per heavy atom. The lowest BCUT2D eigenvalue weighted by molar-refractivity contribution is 0.249. The van der Waals surface area contributed by atoms with E-state index in [1.54, 1.807) is 24.3 Å². The van der Waals surface area contributed by atoms with Crippen molar-refractivity contribution in [1.29, 1.82) is 0 Å². The van der Waals surface area contributed by atoms with Gasteiger partial charge in [-0.3, -0.25) is 0 Å². The second kappa shape index (κ2) is 8.42. The molecule has 0 bridgehead atoms. The molecule has 3 N–H and O–H groups in total. The molecule has 126 valence electrons. The number of nitrogens with two attached hydrogens (primary N) is 1. The van der Waals surface area contributed by atoms with Crippen LogP contribution >= 0.6 is 23.2 Å². The van der Waals surface area contributed by atoms with E-state index >= 15 is 0 Å². The Labute approximate surface area is 149 Å². The van der Waals surface area contributed by atoms with Crippen molar-refractivity contribution in [2.75, 3.05) is 7.11 Å². The first-order valence-corrected chi connectivity index (χ1v) is 7.58. The van der Waals surface area contributed by atoms with E-state index in [0.29, 0.717) is 33.7 Å². The third-order valence-corrected chi connectivity index (χ3v) is 3.47. The predicted molar refractivity (Wildman–Crippen MR) is 94.1 cm³/mol. The standard InChI is InChI=1S/C16H15Cl2N3O3/c1-23-14-7-11(8-20-21-16(19)22)6-13(18)15(14)24-9-10-2-4-12(17)5-3-10/h2-8H,9H2,1H3,(H3,19,21,22)/b20-8-. The molecule has 0 aliphatic carbocycles. The quantitative estimate of drug-likeness (QED) is 0.604. The van der Waals surface area contributed by atoms with Crippen LogP contribution in [0.5, 0.6) is 11.5 Å². The molecular weight excluding hydrogens is 353 g/mol. The minimum atomic E-state index is -0.757. The Bertz CT molecular complexity index is 749. The van der Waals surface area contributed by atoms with E-state index in [9.17, 15) is 4.79 Å². The monoisotopic (exact) mass is 367 g/mol. The van der Waals surface area contributed by atoms with Crippen molar-refractivity contribution in [3.63, 3.8) is 0 Å². The zero-order chi connectivity index (χ0) is 17.5. The van der Waals surface area contributed by atoms with E-state index in [1.807, 2.05) is 12.1 Å². The van der Waals surface area contributed by atoms with Crippen LogP contribution in [-0.4, -0.2) is 19.4 Å². The van der Waals surface area contributed by atoms with Crippen LogP contribution < -0.4 is 20.6 Å². The molecule has 0 heterocycles. The number of nitrogens with zero attached hydrogens (tertiary/aromatic N) is 1. The first-order valence-electron chi connectivity index (χ1n) is 6.83. The van der Waals surface area contributed by atoms with Gasteiger partial charge in [-0.05, 0) is 35.4 Å². The number of amides is 2. The Morgan fingerprint density at radius 2 is 2.00 bits per heavy atom. The lowest BCUT2D eigenvalue weighted by atomic mass is 10.2. The molecule has 0 spiro atoms. The summed E-state index contributed by atoms with van der Waals surface area (Å²) in [6, 6.07) is 9.84. The number of nitrogens with one attached hydrogen (secondary N) is 1. The van der Waals surface area contributed by atoms with Crippen molar-refractivity contribution in [2.24, 2.45) is 10.8 Å². The maximum Gasteiger partial charge on any atom is 0.332 e. The first kappa shape index (κ1) is 17.9. The lowest BCUT2D eigenvalue weighted by Gasteiger charge is -2.13. The van der Waals surface area contributed by atoms with Crippen molar-refractivity contribution < 1.29 is 14.3 Å². The highest BCUT2D eigenvalue weighted by molar-refractivity contribution is 6.32. The summed E-state index contributed by atoms with van der Waals surface area (Å²) >= 11 is 12.1. The van der Waals surface area contributed by atoms with E-state index in [0.717, 1.165) is 5.56 Å². The summed E-state index contributed by atoms with van der Waals surface area (Å²) in [5, 5.41) is 4.68. The van der Waals surface area contributed by atoms with Gasteiger partial charge in [0.2, 0.25) is 0 Å². The fourth-order valence-electron chi connectivity index (χ4n) is 1.86. The summed E-state index contributed by atoms with van der Waals surface area (Å²) in [6.07, 6.45) is 1.39. The van der Waals surface area contributed by atoms with Gasteiger partial charge in [0.25, 0.3) is 0 Å². The van der Waals surface area contributed by atoms with Gasteiger partial charge in [-0.2, -0.15) is 5.10 Å². The first-order chi connectivity index (χ1) is 11.5. The number of carbonyl (C=O) groups excluding carboxylic acids is 1. The largest absolute Gasteiger partial charge is 0.493 e. The van der Waals surface area contributed by atoms with Crippen molar-refractivity contribution in [3.05, 3.63) is 57.6 Å². The minimum absolute atomic E-state index is 0.309. The van der Waals surface area contributed by atoms with E-state index in [4.69, 9.17) is 38.4 Å². The maximum absolute atomic E-state index is 10.6. The molecule has 0 fully saturated rings. The Kier molecular flexibility index (Phi) is 6.28. The molecule has 8 heteroatoms. The fraction of sp³-hybridized carbons (Fsp3) is 0.125. The molecule has 0 aliphatic heterocycles. The smallest absolute Gasteiger partial charge is 0.332 e. The van der Waals surface area contributed by atoms with Crippen LogP contribution in [-0.2, 0) is 6.61 Å². The van der Waals surface area contributed by atoms with Crippen LogP contribution in [0.2, 0.25) is 10.0 Å². The highest BCUT2D eigenvalue weighted by Crippen LogP contribution is 2.36. The Hall–Kier alpha value is -2.44. The van der Waals surface area contributed by atoms with Crippen molar-refractivity contribution in [1.82, 2.24) is 5.43 Å². The van der Waals surface area contributed by atoms with Crippen LogP contribution in [0.1, 0.15) is 11.1 Å². The van der Waals surface area contributed by atoms with Crippen LogP contribution in [0, 0.1) is 0 Å². The number of ether oxygens (including phenoxy) is 2. The maximum atomic E-state index is 10.6. The summed E-state index contributed by atoms with van der Waals surface area (Å²) < 4.78 is 11.0. The molecule has 0 atom stereocenters. The summed E-state index contributed by atoms with van der Waals surface area (Å²) in [4.78, 5) is 10.6. The Balaban J connectivity index is 2.15. The van der Waals surface area contributed by atoms with E-state index in [1.165, 1.54) is 13.3 Å².